The van der Waals surface area contributed by atoms with Crippen molar-refractivity contribution in [1.82, 2.24) is 0 Å². The summed E-state index contributed by atoms with van der Waals surface area (Å²) < 4.78 is 6.49. The zero-order valence-corrected chi connectivity index (χ0v) is 16.1. The van der Waals surface area contributed by atoms with Crippen molar-refractivity contribution in [3.63, 3.8) is 0 Å². The SMILES string of the molecule is O=C1c2cccc(C#CC3C=CC=C3)c2-c2[o+]c(C3C=CC=C3)cc3cccc1c23. The van der Waals surface area contributed by atoms with Crippen LogP contribution >= 0.6 is 0 Å². The van der Waals surface area contributed by atoms with E-state index in [1.165, 1.54) is 0 Å². The van der Waals surface area contributed by atoms with Gasteiger partial charge in [0.25, 0.3) is 0 Å². The Morgan fingerprint density at radius 2 is 1.57 bits per heavy atom. The second-order valence-electron chi connectivity index (χ2n) is 7.67. The lowest BCUT2D eigenvalue weighted by molar-refractivity contribution is 0.103. The van der Waals surface area contributed by atoms with Gasteiger partial charge in [0.1, 0.15) is 11.5 Å². The van der Waals surface area contributed by atoms with Gasteiger partial charge in [0.05, 0.1) is 11.3 Å². The summed E-state index contributed by atoms with van der Waals surface area (Å²) in [6, 6.07) is 13.7. The first-order chi connectivity index (χ1) is 14.8. The summed E-state index contributed by atoms with van der Waals surface area (Å²) in [6.07, 6.45) is 16.4. The fourth-order valence-corrected chi connectivity index (χ4v) is 4.37. The van der Waals surface area contributed by atoms with Crippen LogP contribution < -0.4 is 0 Å². The summed E-state index contributed by atoms with van der Waals surface area (Å²) in [5.74, 6) is 8.42. The third-order valence-electron chi connectivity index (χ3n) is 5.82. The Hall–Kier alpha value is -3.96. The molecule has 0 fully saturated rings. The minimum absolute atomic E-state index is 0.0241. The molecule has 0 radical (unpaired) electrons. The molecule has 1 aromatic heterocycles. The van der Waals surface area contributed by atoms with Crippen LogP contribution in [0, 0.1) is 17.8 Å². The van der Waals surface area contributed by atoms with Crippen LogP contribution in [0.25, 0.3) is 22.1 Å². The van der Waals surface area contributed by atoms with Crippen molar-refractivity contribution in [1.29, 1.82) is 0 Å². The predicted molar refractivity (Wildman–Crippen MR) is 119 cm³/mol. The van der Waals surface area contributed by atoms with E-state index in [0.717, 1.165) is 33.4 Å². The molecule has 0 atom stereocenters. The van der Waals surface area contributed by atoms with Crippen molar-refractivity contribution in [3.05, 3.63) is 114 Å². The zero-order valence-electron chi connectivity index (χ0n) is 16.1. The molecule has 3 aliphatic carbocycles. The Bertz CT molecular complexity index is 1400. The Balaban J connectivity index is 1.64. The second-order valence-corrected chi connectivity index (χ2v) is 7.67. The van der Waals surface area contributed by atoms with Gasteiger partial charge in [-0.25, -0.2) is 4.42 Å². The Morgan fingerprint density at radius 1 is 0.833 bits per heavy atom. The highest BCUT2D eigenvalue weighted by Gasteiger charge is 2.36. The van der Waals surface area contributed by atoms with Gasteiger partial charge in [-0.15, -0.1) is 0 Å². The van der Waals surface area contributed by atoms with Crippen molar-refractivity contribution in [3.8, 4) is 23.2 Å². The van der Waals surface area contributed by atoms with E-state index in [9.17, 15) is 4.79 Å². The van der Waals surface area contributed by atoms with Gasteiger partial charge >= 0.3 is 11.5 Å². The van der Waals surface area contributed by atoms with E-state index in [1.54, 1.807) is 0 Å². The largest absolute Gasteiger partial charge is 0.370 e. The fraction of sp³-hybridized carbons (Fsp3) is 0.0714. The molecule has 0 bridgehead atoms. The normalized spacial score (nSPS) is 16.3. The zero-order chi connectivity index (χ0) is 20.1. The van der Waals surface area contributed by atoms with Crippen molar-refractivity contribution in [2.75, 3.05) is 0 Å². The average Bonchev–Trinajstić information content (AvgIpc) is 3.49. The smallest absolute Gasteiger partial charge is 0.289 e. The van der Waals surface area contributed by atoms with Crippen LogP contribution in [0.2, 0.25) is 0 Å². The summed E-state index contributed by atoms with van der Waals surface area (Å²) in [5, 5.41) is 1.89. The fourth-order valence-electron chi connectivity index (χ4n) is 4.37. The minimum atomic E-state index is 0.0241. The maximum Gasteiger partial charge on any atom is 0.370 e. The van der Waals surface area contributed by atoms with Gasteiger partial charge in [-0.1, -0.05) is 84.7 Å². The Labute approximate surface area is 174 Å². The van der Waals surface area contributed by atoms with E-state index in [4.69, 9.17) is 4.42 Å². The van der Waals surface area contributed by atoms with Crippen LogP contribution in [-0.4, -0.2) is 5.78 Å². The molecular weight excluding hydrogens is 368 g/mol. The van der Waals surface area contributed by atoms with Gasteiger partial charge in [0.2, 0.25) is 0 Å². The van der Waals surface area contributed by atoms with Gasteiger partial charge in [0, 0.05) is 28.1 Å². The monoisotopic (exact) mass is 385 g/mol. The molecule has 3 aromatic rings. The number of hydrogen-bond acceptors (Lipinski definition) is 1. The molecule has 1 heterocycles. The van der Waals surface area contributed by atoms with Crippen molar-refractivity contribution < 1.29 is 9.21 Å². The summed E-state index contributed by atoms with van der Waals surface area (Å²) >= 11 is 0. The van der Waals surface area contributed by atoms with Gasteiger partial charge in [-0.05, 0) is 12.1 Å². The van der Waals surface area contributed by atoms with Crippen LogP contribution in [0.3, 0.4) is 0 Å². The molecular formula is C28H17O2+. The number of hydrogen-bond donors (Lipinski definition) is 0. The highest BCUT2D eigenvalue weighted by molar-refractivity contribution is 6.25. The molecule has 0 amide bonds. The number of ketones is 1. The summed E-state index contributed by atoms with van der Waals surface area (Å²) in [6.45, 7) is 0. The predicted octanol–water partition coefficient (Wildman–Crippen LogP) is 6.23. The maximum atomic E-state index is 13.3. The number of allylic oxidation sites excluding steroid dienone is 8. The summed E-state index contributed by atoms with van der Waals surface area (Å²) in [7, 11) is 0. The number of benzene rings is 2. The van der Waals surface area contributed by atoms with E-state index >= 15 is 0 Å². The highest BCUT2D eigenvalue weighted by atomic mass is 16.3. The lowest BCUT2D eigenvalue weighted by Gasteiger charge is -2.15. The molecule has 0 unspecified atom stereocenters. The molecule has 2 aromatic carbocycles. The van der Waals surface area contributed by atoms with Crippen LogP contribution in [0.4, 0.5) is 0 Å². The third-order valence-corrected chi connectivity index (χ3v) is 5.82. The van der Waals surface area contributed by atoms with Crippen molar-refractivity contribution >= 4 is 16.6 Å². The minimum Gasteiger partial charge on any atom is -0.289 e. The molecule has 140 valence electrons. The lowest BCUT2D eigenvalue weighted by Crippen LogP contribution is -2.11. The lowest BCUT2D eigenvalue weighted by atomic mass is 9.84. The van der Waals surface area contributed by atoms with Crippen molar-refractivity contribution in [2.45, 2.75) is 5.92 Å². The topological polar surface area (TPSA) is 28.4 Å². The van der Waals surface area contributed by atoms with E-state index in [2.05, 4.69) is 36.1 Å². The Morgan fingerprint density at radius 3 is 2.40 bits per heavy atom. The van der Waals surface area contributed by atoms with Crippen LogP contribution in [0.1, 0.15) is 33.2 Å². The quantitative estimate of drug-likeness (QED) is 0.287. The van der Waals surface area contributed by atoms with Crippen molar-refractivity contribution in [2.24, 2.45) is 5.92 Å². The average molecular weight is 385 g/mol. The number of carbonyl (C=O) groups excluding carboxylic acids is 1. The second kappa shape index (κ2) is 6.54. The molecule has 2 heteroatoms. The molecule has 2 nitrogen and oxygen atoms in total. The molecule has 6 rings (SSSR count). The van der Waals surface area contributed by atoms with Gasteiger partial charge < -0.3 is 0 Å². The number of rotatable bonds is 1. The van der Waals surface area contributed by atoms with E-state index in [1.807, 2.05) is 66.8 Å². The van der Waals surface area contributed by atoms with Gasteiger partial charge in [-0.3, -0.25) is 4.79 Å². The van der Waals surface area contributed by atoms with E-state index < -0.39 is 0 Å². The van der Waals surface area contributed by atoms with Crippen LogP contribution in [0.15, 0.2) is 95.5 Å². The van der Waals surface area contributed by atoms with E-state index in [-0.39, 0.29) is 17.6 Å². The first-order valence-electron chi connectivity index (χ1n) is 10.1. The van der Waals surface area contributed by atoms with Gasteiger partial charge in [-0.2, -0.15) is 0 Å². The molecule has 30 heavy (non-hydrogen) atoms. The number of carbonyl (C=O) groups is 1. The third kappa shape index (κ3) is 2.53. The standard InChI is InChI=1S/C28H17O2/c29-27-22-13-5-11-20(16-15-18-7-1-2-8-18)25(22)28-26-21(12-6-14-23(26)27)17-24(30-28)19-9-3-4-10-19/h1-14,17-19H/q+1. The maximum absolute atomic E-state index is 13.3. The van der Waals surface area contributed by atoms with Crippen LogP contribution in [0.5, 0.6) is 0 Å². The first-order valence-corrected chi connectivity index (χ1v) is 10.1. The molecule has 3 aliphatic rings. The van der Waals surface area contributed by atoms with E-state index in [0.29, 0.717) is 11.1 Å². The molecule has 0 aliphatic heterocycles. The first kappa shape index (κ1) is 16.9. The van der Waals surface area contributed by atoms with Gasteiger partial charge in [0.15, 0.2) is 5.78 Å². The highest BCUT2D eigenvalue weighted by Crippen LogP contribution is 2.43. The summed E-state index contributed by atoms with van der Waals surface area (Å²) in [4.78, 5) is 13.3. The van der Waals surface area contributed by atoms with Crippen LogP contribution in [-0.2, 0) is 0 Å². The number of fused-ring (bicyclic) bond motifs is 2. The molecule has 0 saturated heterocycles. The summed E-state index contributed by atoms with van der Waals surface area (Å²) in [5.41, 5.74) is 2.97. The molecule has 0 N–H and O–H groups in total. The molecule has 0 spiro atoms. The Kier molecular flexibility index (Phi) is 3.69. The molecule has 0 saturated carbocycles.